The highest BCUT2D eigenvalue weighted by Gasteiger charge is 2.09. The Balaban J connectivity index is 2.15. The maximum atomic E-state index is 13.9. The van der Waals surface area contributed by atoms with Crippen LogP contribution in [0.5, 0.6) is 5.75 Å². The van der Waals surface area contributed by atoms with E-state index in [0.717, 1.165) is 17.7 Å². The van der Waals surface area contributed by atoms with E-state index in [2.05, 4.69) is 4.90 Å². The van der Waals surface area contributed by atoms with Gasteiger partial charge in [0.25, 0.3) is 0 Å². The van der Waals surface area contributed by atoms with Crippen LogP contribution < -0.4 is 4.74 Å². The van der Waals surface area contributed by atoms with E-state index in [1.165, 1.54) is 25.3 Å². The second kappa shape index (κ2) is 7.70. The number of methoxy groups -OCH3 is 1. The number of benzene rings is 2. The van der Waals surface area contributed by atoms with Crippen molar-refractivity contribution < 1.29 is 13.9 Å². The van der Waals surface area contributed by atoms with Crippen molar-refractivity contribution in [1.82, 2.24) is 4.90 Å². The summed E-state index contributed by atoms with van der Waals surface area (Å²) in [5, 5.41) is 0. The number of halogens is 1. The Kier molecular flexibility index (Phi) is 5.66. The molecule has 0 aliphatic rings. The number of rotatable bonds is 6. The average molecular weight is 313 g/mol. The van der Waals surface area contributed by atoms with Gasteiger partial charge in [-0.1, -0.05) is 30.3 Å². The van der Waals surface area contributed by atoms with E-state index in [0.29, 0.717) is 5.75 Å². The molecule has 0 fully saturated rings. The van der Waals surface area contributed by atoms with E-state index < -0.39 is 5.82 Å². The molecule has 0 N–H and O–H groups in total. The maximum Gasteiger partial charge on any atom is 0.188 e. The van der Waals surface area contributed by atoms with Crippen LogP contribution in [0.4, 0.5) is 4.39 Å². The fourth-order valence-electron chi connectivity index (χ4n) is 2.24. The Bertz CT molecular complexity index is 723. The van der Waals surface area contributed by atoms with Crippen LogP contribution in [0.1, 0.15) is 21.5 Å². The van der Waals surface area contributed by atoms with Gasteiger partial charge >= 0.3 is 0 Å². The molecule has 0 saturated heterocycles. The number of hydrogen-bond acceptors (Lipinski definition) is 3. The van der Waals surface area contributed by atoms with Gasteiger partial charge in [0.1, 0.15) is 11.6 Å². The normalized spacial score (nSPS) is 11.2. The molecule has 3 nitrogen and oxygen atoms in total. The topological polar surface area (TPSA) is 29.5 Å². The van der Waals surface area contributed by atoms with Gasteiger partial charge in [0.15, 0.2) is 5.78 Å². The van der Waals surface area contributed by atoms with Gasteiger partial charge in [-0.2, -0.15) is 0 Å². The highest BCUT2D eigenvalue weighted by atomic mass is 19.1. The van der Waals surface area contributed by atoms with E-state index in [4.69, 9.17) is 4.74 Å². The minimum Gasteiger partial charge on any atom is -0.497 e. The summed E-state index contributed by atoms with van der Waals surface area (Å²) < 4.78 is 18.8. The molecule has 0 amide bonds. The molecule has 2 aromatic rings. The summed E-state index contributed by atoms with van der Waals surface area (Å²) in [6, 6.07) is 12.1. The summed E-state index contributed by atoms with van der Waals surface area (Å²) in [6.45, 7) is 0.822. The van der Waals surface area contributed by atoms with Gasteiger partial charge in [-0.25, -0.2) is 4.39 Å². The van der Waals surface area contributed by atoms with Crippen molar-refractivity contribution in [3.05, 3.63) is 71.0 Å². The monoisotopic (exact) mass is 313 g/mol. The lowest BCUT2D eigenvalue weighted by Crippen LogP contribution is -2.10. The van der Waals surface area contributed by atoms with Gasteiger partial charge < -0.3 is 9.64 Å². The molecular formula is C19H20FNO2. The second-order valence-electron chi connectivity index (χ2n) is 5.53. The first-order valence-electron chi connectivity index (χ1n) is 7.29. The number of carbonyl (C=O) groups excluding carboxylic acids is 1. The molecule has 0 bridgehead atoms. The standard InChI is InChI=1S/C19H20FNO2/c1-21(2)13-15-6-4-5-14(11-15)7-10-19(22)17-9-8-16(23-3)12-18(17)20/h4-12H,13H2,1-3H3. The lowest BCUT2D eigenvalue weighted by atomic mass is 10.1. The largest absolute Gasteiger partial charge is 0.497 e. The third-order valence-corrected chi connectivity index (χ3v) is 3.32. The molecule has 2 aromatic carbocycles. The highest BCUT2D eigenvalue weighted by molar-refractivity contribution is 6.07. The van der Waals surface area contributed by atoms with Crippen LogP contribution in [0.2, 0.25) is 0 Å². The lowest BCUT2D eigenvalue weighted by Gasteiger charge is -2.09. The predicted molar refractivity (Wildman–Crippen MR) is 90.1 cm³/mol. The third kappa shape index (κ3) is 4.76. The number of nitrogens with zero attached hydrogens (tertiary/aromatic N) is 1. The number of allylic oxidation sites excluding steroid dienone is 1. The molecule has 0 unspecified atom stereocenters. The smallest absolute Gasteiger partial charge is 0.188 e. The quantitative estimate of drug-likeness (QED) is 0.600. The summed E-state index contributed by atoms with van der Waals surface area (Å²) in [4.78, 5) is 14.2. The van der Waals surface area contributed by atoms with Gasteiger partial charge in [0.2, 0.25) is 0 Å². The zero-order valence-electron chi connectivity index (χ0n) is 13.5. The molecule has 23 heavy (non-hydrogen) atoms. The first-order valence-corrected chi connectivity index (χ1v) is 7.29. The predicted octanol–water partition coefficient (Wildman–Crippen LogP) is 3.79. The summed E-state index contributed by atoms with van der Waals surface area (Å²) in [7, 11) is 5.45. The molecule has 0 atom stereocenters. The van der Waals surface area contributed by atoms with Crippen LogP contribution in [0, 0.1) is 5.82 Å². The van der Waals surface area contributed by atoms with Gasteiger partial charge in [-0.05, 0) is 43.4 Å². The first-order chi connectivity index (χ1) is 11.0. The Hall–Kier alpha value is -2.46. The van der Waals surface area contributed by atoms with Gasteiger partial charge in [-0.15, -0.1) is 0 Å². The van der Waals surface area contributed by atoms with Crippen LogP contribution in [-0.4, -0.2) is 31.9 Å². The SMILES string of the molecule is COc1ccc(C(=O)C=Cc2cccc(CN(C)C)c2)c(F)c1. The molecule has 0 spiro atoms. The molecular weight excluding hydrogens is 293 g/mol. The highest BCUT2D eigenvalue weighted by Crippen LogP contribution is 2.17. The molecule has 4 heteroatoms. The van der Waals surface area contributed by atoms with E-state index in [9.17, 15) is 9.18 Å². The average Bonchev–Trinajstić information content (AvgIpc) is 2.52. The fourth-order valence-corrected chi connectivity index (χ4v) is 2.24. The van der Waals surface area contributed by atoms with Crippen molar-refractivity contribution in [2.24, 2.45) is 0 Å². The Morgan fingerprint density at radius 1 is 1.22 bits per heavy atom. The van der Waals surface area contributed by atoms with Crippen molar-refractivity contribution in [3.8, 4) is 5.75 Å². The Morgan fingerprint density at radius 3 is 2.65 bits per heavy atom. The number of carbonyl (C=O) groups is 1. The maximum absolute atomic E-state index is 13.9. The molecule has 120 valence electrons. The summed E-state index contributed by atoms with van der Waals surface area (Å²) >= 11 is 0. The van der Waals surface area contributed by atoms with E-state index in [-0.39, 0.29) is 11.3 Å². The molecule has 0 aliphatic heterocycles. The van der Waals surface area contributed by atoms with E-state index in [1.54, 1.807) is 12.1 Å². The van der Waals surface area contributed by atoms with Crippen molar-refractivity contribution in [2.45, 2.75) is 6.54 Å². The van der Waals surface area contributed by atoms with Crippen LogP contribution in [0.25, 0.3) is 6.08 Å². The van der Waals surface area contributed by atoms with Crippen molar-refractivity contribution in [2.75, 3.05) is 21.2 Å². The van der Waals surface area contributed by atoms with Gasteiger partial charge in [-0.3, -0.25) is 4.79 Å². The summed E-state index contributed by atoms with van der Waals surface area (Å²) in [6.07, 6.45) is 3.09. The molecule has 2 rings (SSSR count). The second-order valence-corrected chi connectivity index (χ2v) is 5.53. The molecule has 0 heterocycles. The number of ether oxygens (including phenoxy) is 1. The van der Waals surface area contributed by atoms with Crippen molar-refractivity contribution in [3.63, 3.8) is 0 Å². The lowest BCUT2D eigenvalue weighted by molar-refractivity contribution is 0.104. The third-order valence-electron chi connectivity index (χ3n) is 3.32. The molecule has 0 radical (unpaired) electrons. The van der Waals surface area contributed by atoms with E-state index >= 15 is 0 Å². The Labute approximate surface area is 136 Å². The van der Waals surface area contributed by atoms with Gasteiger partial charge in [0, 0.05) is 12.6 Å². The Morgan fingerprint density at radius 2 is 2.00 bits per heavy atom. The molecule has 0 saturated carbocycles. The molecule has 0 aromatic heterocycles. The van der Waals surface area contributed by atoms with Crippen LogP contribution >= 0.6 is 0 Å². The number of ketones is 1. The first kappa shape index (κ1) is 16.9. The van der Waals surface area contributed by atoms with Crippen LogP contribution in [-0.2, 0) is 6.54 Å². The summed E-state index contributed by atoms with van der Waals surface area (Å²) in [5.41, 5.74) is 2.10. The van der Waals surface area contributed by atoms with Crippen LogP contribution in [0.15, 0.2) is 48.5 Å². The van der Waals surface area contributed by atoms with Crippen LogP contribution in [0.3, 0.4) is 0 Å². The van der Waals surface area contributed by atoms with Crippen molar-refractivity contribution >= 4 is 11.9 Å². The van der Waals surface area contributed by atoms with E-state index in [1.807, 2.05) is 38.4 Å². The minimum atomic E-state index is -0.583. The fraction of sp³-hybridized carbons (Fsp3) is 0.211. The summed E-state index contributed by atoms with van der Waals surface area (Å²) in [5.74, 6) is -0.567. The number of hydrogen-bond donors (Lipinski definition) is 0. The van der Waals surface area contributed by atoms with Crippen molar-refractivity contribution in [1.29, 1.82) is 0 Å². The minimum absolute atomic E-state index is 0.0338. The molecule has 0 aliphatic carbocycles. The van der Waals surface area contributed by atoms with Gasteiger partial charge in [0.05, 0.1) is 12.7 Å². The zero-order valence-corrected chi connectivity index (χ0v) is 13.5. The zero-order chi connectivity index (χ0) is 16.8.